The molecule has 0 aliphatic rings. The van der Waals surface area contributed by atoms with Crippen molar-refractivity contribution in [2.24, 2.45) is 0 Å². The van der Waals surface area contributed by atoms with E-state index in [0.29, 0.717) is 33.1 Å². The Labute approximate surface area is 155 Å². The van der Waals surface area contributed by atoms with E-state index in [1.165, 1.54) is 7.11 Å². The summed E-state index contributed by atoms with van der Waals surface area (Å²) in [5, 5.41) is 0.820. The highest BCUT2D eigenvalue weighted by Gasteiger charge is 2.20. The molecule has 0 saturated carbocycles. The van der Waals surface area contributed by atoms with Gasteiger partial charge >= 0.3 is 0 Å². The van der Waals surface area contributed by atoms with E-state index in [2.05, 4.69) is 0 Å². The van der Waals surface area contributed by atoms with Crippen molar-refractivity contribution in [3.8, 4) is 28.2 Å². The van der Waals surface area contributed by atoms with Crippen molar-refractivity contribution in [2.75, 3.05) is 7.11 Å². The SMILES string of the molecule is COc1cc(Cl)cc2c(=O)c(-c3ccccc3)c(-c3ccccc3)oc12. The molecule has 3 nitrogen and oxygen atoms in total. The van der Waals surface area contributed by atoms with Crippen LogP contribution in [0.2, 0.25) is 5.02 Å². The Bertz CT molecular complexity index is 1130. The van der Waals surface area contributed by atoms with Crippen LogP contribution in [0.1, 0.15) is 0 Å². The number of fused-ring (bicyclic) bond motifs is 1. The topological polar surface area (TPSA) is 39.4 Å². The number of rotatable bonds is 3. The van der Waals surface area contributed by atoms with Gasteiger partial charge in [-0.3, -0.25) is 4.79 Å². The molecule has 0 aliphatic carbocycles. The minimum atomic E-state index is -0.142. The Morgan fingerprint density at radius 1 is 0.885 bits per heavy atom. The molecule has 0 atom stereocenters. The van der Waals surface area contributed by atoms with E-state index in [1.54, 1.807) is 12.1 Å². The fourth-order valence-corrected chi connectivity index (χ4v) is 3.25. The molecular formula is C22H15ClO3. The number of methoxy groups -OCH3 is 1. The number of ether oxygens (including phenoxy) is 1. The first kappa shape index (κ1) is 16.4. The summed E-state index contributed by atoms with van der Waals surface area (Å²) in [6, 6.07) is 22.3. The lowest BCUT2D eigenvalue weighted by atomic mass is 9.98. The van der Waals surface area contributed by atoms with Gasteiger partial charge < -0.3 is 9.15 Å². The minimum absolute atomic E-state index is 0.142. The summed E-state index contributed by atoms with van der Waals surface area (Å²) >= 11 is 6.17. The molecule has 0 saturated heterocycles. The molecule has 4 rings (SSSR count). The molecule has 0 N–H and O–H groups in total. The summed E-state index contributed by atoms with van der Waals surface area (Å²) in [5.41, 5.74) is 2.37. The third-order valence-corrected chi connectivity index (χ3v) is 4.46. The molecule has 0 amide bonds. The zero-order valence-electron chi connectivity index (χ0n) is 14.0. The maximum absolute atomic E-state index is 13.4. The normalized spacial score (nSPS) is 10.8. The molecule has 26 heavy (non-hydrogen) atoms. The van der Waals surface area contributed by atoms with Gasteiger partial charge in [-0.25, -0.2) is 0 Å². The zero-order chi connectivity index (χ0) is 18.1. The molecule has 128 valence electrons. The standard InChI is InChI=1S/C22H15ClO3/c1-25-18-13-16(23)12-17-20(24)19(14-8-4-2-5-9-14)21(26-22(17)18)15-10-6-3-7-11-15/h2-13H,1H3. The molecule has 1 aromatic heterocycles. The zero-order valence-corrected chi connectivity index (χ0v) is 14.8. The van der Waals surface area contributed by atoms with Crippen LogP contribution in [0.3, 0.4) is 0 Å². The number of hydrogen-bond acceptors (Lipinski definition) is 3. The molecule has 0 fully saturated rings. The maximum atomic E-state index is 13.4. The molecule has 0 bridgehead atoms. The first-order valence-corrected chi connectivity index (χ1v) is 8.52. The highest BCUT2D eigenvalue weighted by Crippen LogP contribution is 2.36. The Morgan fingerprint density at radius 3 is 2.12 bits per heavy atom. The van der Waals surface area contributed by atoms with E-state index in [1.807, 2.05) is 60.7 Å². The summed E-state index contributed by atoms with van der Waals surface area (Å²) < 4.78 is 11.6. The Balaban J connectivity index is 2.17. The van der Waals surface area contributed by atoms with Crippen molar-refractivity contribution in [3.63, 3.8) is 0 Å². The molecule has 0 radical (unpaired) electrons. The first-order chi connectivity index (χ1) is 12.7. The molecule has 3 aromatic carbocycles. The fraction of sp³-hybridized carbons (Fsp3) is 0.0455. The molecule has 4 heteroatoms. The second-order valence-electron chi connectivity index (χ2n) is 5.85. The minimum Gasteiger partial charge on any atom is -0.493 e. The van der Waals surface area contributed by atoms with Gasteiger partial charge in [0.1, 0.15) is 5.76 Å². The van der Waals surface area contributed by atoms with E-state index >= 15 is 0 Å². The largest absolute Gasteiger partial charge is 0.493 e. The van der Waals surface area contributed by atoms with Crippen molar-refractivity contribution in [1.82, 2.24) is 0 Å². The van der Waals surface area contributed by atoms with Crippen molar-refractivity contribution in [2.45, 2.75) is 0 Å². The predicted molar refractivity (Wildman–Crippen MR) is 105 cm³/mol. The van der Waals surface area contributed by atoms with Gasteiger partial charge in [0.2, 0.25) is 5.43 Å². The second kappa shape index (κ2) is 6.70. The fourth-order valence-electron chi connectivity index (χ4n) is 3.04. The van der Waals surface area contributed by atoms with E-state index in [9.17, 15) is 4.79 Å². The van der Waals surface area contributed by atoms with Crippen molar-refractivity contribution < 1.29 is 9.15 Å². The summed E-state index contributed by atoms with van der Waals surface area (Å²) in [5.74, 6) is 0.941. The second-order valence-corrected chi connectivity index (χ2v) is 6.29. The summed E-state index contributed by atoms with van der Waals surface area (Å²) in [7, 11) is 1.53. The highest BCUT2D eigenvalue weighted by atomic mass is 35.5. The van der Waals surface area contributed by atoms with Gasteiger partial charge in [-0.15, -0.1) is 0 Å². The Kier molecular flexibility index (Phi) is 4.23. The molecule has 0 unspecified atom stereocenters. The van der Waals surface area contributed by atoms with Crippen LogP contribution in [-0.4, -0.2) is 7.11 Å². The van der Waals surface area contributed by atoms with Gasteiger partial charge in [-0.05, 0) is 11.6 Å². The summed E-state index contributed by atoms with van der Waals surface area (Å²) in [6.45, 7) is 0. The molecular weight excluding hydrogens is 348 g/mol. The van der Waals surface area contributed by atoms with Gasteiger partial charge in [0.25, 0.3) is 0 Å². The van der Waals surface area contributed by atoms with Crippen LogP contribution in [0, 0.1) is 0 Å². The van der Waals surface area contributed by atoms with Gasteiger partial charge in [0, 0.05) is 16.7 Å². The van der Waals surface area contributed by atoms with Crippen molar-refractivity contribution in [3.05, 3.63) is 88.0 Å². The average Bonchev–Trinajstić information content (AvgIpc) is 2.69. The highest BCUT2D eigenvalue weighted by molar-refractivity contribution is 6.31. The number of hydrogen-bond donors (Lipinski definition) is 0. The van der Waals surface area contributed by atoms with Crippen LogP contribution in [0.4, 0.5) is 0 Å². The Hall–Kier alpha value is -3.04. The van der Waals surface area contributed by atoms with Gasteiger partial charge in [0.05, 0.1) is 18.1 Å². The lowest BCUT2D eigenvalue weighted by Crippen LogP contribution is -2.08. The van der Waals surface area contributed by atoms with E-state index in [4.69, 9.17) is 20.8 Å². The lowest BCUT2D eigenvalue weighted by Gasteiger charge is -2.12. The van der Waals surface area contributed by atoms with Gasteiger partial charge in [0.15, 0.2) is 11.3 Å². The van der Waals surface area contributed by atoms with Gasteiger partial charge in [-0.1, -0.05) is 72.3 Å². The molecule has 0 aliphatic heterocycles. The van der Waals surface area contributed by atoms with E-state index in [0.717, 1.165) is 11.1 Å². The quantitative estimate of drug-likeness (QED) is 0.463. The Morgan fingerprint density at radius 2 is 1.50 bits per heavy atom. The monoisotopic (exact) mass is 362 g/mol. The van der Waals surface area contributed by atoms with Crippen LogP contribution in [0.25, 0.3) is 33.4 Å². The van der Waals surface area contributed by atoms with Crippen LogP contribution < -0.4 is 10.2 Å². The average molecular weight is 363 g/mol. The number of halogens is 1. The number of benzene rings is 3. The molecule has 4 aromatic rings. The third-order valence-electron chi connectivity index (χ3n) is 4.24. The first-order valence-electron chi connectivity index (χ1n) is 8.14. The summed E-state index contributed by atoms with van der Waals surface area (Å²) in [6.07, 6.45) is 0. The summed E-state index contributed by atoms with van der Waals surface area (Å²) in [4.78, 5) is 13.4. The third kappa shape index (κ3) is 2.76. The molecule has 1 heterocycles. The van der Waals surface area contributed by atoms with E-state index < -0.39 is 0 Å². The predicted octanol–water partition coefficient (Wildman–Crippen LogP) is 5.79. The van der Waals surface area contributed by atoms with Crippen molar-refractivity contribution >= 4 is 22.6 Å². The maximum Gasteiger partial charge on any atom is 0.201 e. The lowest BCUT2D eigenvalue weighted by molar-refractivity contribution is 0.410. The van der Waals surface area contributed by atoms with Crippen LogP contribution in [0.5, 0.6) is 5.75 Å². The van der Waals surface area contributed by atoms with Crippen LogP contribution in [-0.2, 0) is 0 Å². The van der Waals surface area contributed by atoms with Crippen LogP contribution >= 0.6 is 11.6 Å². The van der Waals surface area contributed by atoms with Gasteiger partial charge in [-0.2, -0.15) is 0 Å². The van der Waals surface area contributed by atoms with E-state index in [-0.39, 0.29) is 5.43 Å². The van der Waals surface area contributed by atoms with Crippen molar-refractivity contribution in [1.29, 1.82) is 0 Å². The van der Waals surface area contributed by atoms with Crippen LogP contribution in [0.15, 0.2) is 82.0 Å². The molecule has 0 spiro atoms. The smallest absolute Gasteiger partial charge is 0.201 e.